The number of hydrogen-bond acceptors (Lipinski definition) is 2. The number of halogens is 3. The zero-order chi connectivity index (χ0) is 10.6. The van der Waals surface area contributed by atoms with Gasteiger partial charge in [-0.1, -0.05) is 0 Å². The Balaban J connectivity index is 2.15. The van der Waals surface area contributed by atoms with Crippen molar-refractivity contribution in [3.63, 3.8) is 0 Å². The molecule has 0 saturated carbocycles. The van der Waals surface area contributed by atoms with E-state index in [1.54, 1.807) is 0 Å². The van der Waals surface area contributed by atoms with Crippen LogP contribution in [0.25, 0.3) is 0 Å². The van der Waals surface area contributed by atoms with Crippen molar-refractivity contribution >= 4 is 5.91 Å². The van der Waals surface area contributed by atoms with E-state index in [4.69, 9.17) is 0 Å². The van der Waals surface area contributed by atoms with E-state index in [1.165, 1.54) is 4.90 Å². The van der Waals surface area contributed by atoms with Crippen molar-refractivity contribution in [2.24, 2.45) is 0 Å². The molecular formula is C8H12F3NO2. The highest BCUT2D eigenvalue weighted by atomic mass is 19.4. The van der Waals surface area contributed by atoms with Crippen LogP contribution in [0.5, 0.6) is 0 Å². The second kappa shape index (κ2) is 4.63. The molecule has 1 rings (SSSR count). The zero-order valence-electron chi connectivity index (χ0n) is 7.64. The number of carbonyl (C=O) groups is 1. The maximum Gasteiger partial charge on any atom is 0.411 e. The van der Waals surface area contributed by atoms with Gasteiger partial charge in [0.15, 0.2) is 0 Å². The van der Waals surface area contributed by atoms with Crippen molar-refractivity contribution in [2.75, 3.05) is 26.3 Å². The SMILES string of the molecule is O=C(COCC(F)(F)F)N1CCCC1. The Morgan fingerprint density at radius 1 is 1.29 bits per heavy atom. The lowest BCUT2D eigenvalue weighted by atomic mass is 10.4. The van der Waals surface area contributed by atoms with Crippen molar-refractivity contribution in [2.45, 2.75) is 19.0 Å². The molecule has 0 aromatic rings. The highest BCUT2D eigenvalue weighted by molar-refractivity contribution is 5.77. The van der Waals surface area contributed by atoms with Crippen molar-refractivity contribution in [3.05, 3.63) is 0 Å². The minimum absolute atomic E-state index is 0.355. The molecule has 0 aromatic heterocycles. The lowest BCUT2D eigenvalue weighted by Crippen LogP contribution is -2.32. The van der Waals surface area contributed by atoms with Crippen LogP contribution in [0.4, 0.5) is 13.2 Å². The molecular weight excluding hydrogens is 199 g/mol. The van der Waals surface area contributed by atoms with Crippen LogP contribution < -0.4 is 0 Å². The van der Waals surface area contributed by atoms with Crippen LogP contribution in [-0.2, 0) is 9.53 Å². The third-order valence-corrected chi connectivity index (χ3v) is 1.95. The molecule has 3 nitrogen and oxygen atoms in total. The van der Waals surface area contributed by atoms with Gasteiger partial charge in [0.2, 0.25) is 5.91 Å². The van der Waals surface area contributed by atoms with Gasteiger partial charge in [0.25, 0.3) is 0 Å². The minimum atomic E-state index is -4.36. The van der Waals surface area contributed by atoms with Gasteiger partial charge in [-0.25, -0.2) is 0 Å². The molecule has 82 valence electrons. The molecule has 1 fully saturated rings. The van der Waals surface area contributed by atoms with Gasteiger partial charge in [0.1, 0.15) is 13.2 Å². The molecule has 0 bridgehead atoms. The molecule has 0 unspecified atom stereocenters. The maximum absolute atomic E-state index is 11.6. The summed E-state index contributed by atoms with van der Waals surface area (Å²) in [4.78, 5) is 12.7. The summed E-state index contributed by atoms with van der Waals surface area (Å²) in [6, 6.07) is 0. The summed E-state index contributed by atoms with van der Waals surface area (Å²) < 4.78 is 39.2. The van der Waals surface area contributed by atoms with E-state index in [-0.39, 0.29) is 5.91 Å². The molecule has 1 aliphatic heterocycles. The van der Waals surface area contributed by atoms with E-state index in [9.17, 15) is 18.0 Å². The normalized spacial score (nSPS) is 17.5. The van der Waals surface area contributed by atoms with E-state index < -0.39 is 19.4 Å². The Morgan fingerprint density at radius 3 is 2.36 bits per heavy atom. The average molecular weight is 211 g/mol. The molecule has 0 N–H and O–H groups in total. The first-order valence-electron chi connectivity index (χ1n) is 4.41. The van der Waals surface area contributed by atoms with E-state index >= 15 is 0 Å². The number of alkyl halides is 3. The predicted octanol–water partition coefficient (Wildman–Crippen LogP) is 1.19. The lowest BCUT2D eigenvalue weighted by molar-refractivity contribution is -0.177. The molecule has 0 spiro atoms. The highest BCUT2D eigenvalue weighted by Gasteiger charge is 2.28. The van der Waals surface area contributed by atoms with E-state index in [2.05, 4.69) is 4.74 Å². The first-order chi connectivity index (χ1) is 6.49. The summed E-state index contributed by atoms with van der Waals surface area (Å²) in [6.45, 7) is -0.561. The number of rotatable bonds is 3. The van der Waals surface area contributed by atoms with Crippen LogP contribution in [0, 0.1) is 0 Å². The number of nitrogens with zero attached hydrogens (tertiary/aromatic N) is 1. The fourth-order valence-corrected chi connectivity index (χ4v) is 1.31. The number of hydrogen-bond donors (Lipinski definition) is 0. The van der Waals surface area contributed by atoms with E-state index in [0.717, 1.165) is 12.8 Å². The van der Waals surface area contributed by atoms with Gasteiger partial charge in [-0.2, -0.15) is 13.2 Å². The quantitative estimate of drug-likeness (QED) is 0.701. The molecule has 6 heteroatoms. The van der Waals surface area contributed by atoms with Crippen LogP contribution in [-0.4, -0.2) is 43.3 Å². The van der Waals surface area contributed by atoms with Gasteiger partial charge >= 0.3 is 6.18 Å². The van der Waals surface area contributed by atoms with Crippen molar-refractivity contribution < 1.29 is 22.7 Å². The van der Waals surface area contributed by atoms with E-state index in [0.29, 0.717) is 13.1 Å². The molecule has 1 aliphatic rings. The second-order valence-electron chi connectivity index (χ2n) is 3.20. The van der Waals surface area contributed by atoms with Gasteiger partial charge in [-0.15, -0.1) is 0 Å². The number of ether oxygens (including phenoxy) is 1. The molecule has 1 saturated heterocycles. The summed E-state index contributed by atoms with van der Waals surface area (Å²) in [5.74, 6) is -0.355. The third-order valence-electron chi connectivity index (χ3n) is 1.95. The zero-order valence-corrected chi connectivity index (χ0v) is 7.64. The summed E-state index contributed by atoms with van der Waals surface area (Å²) >= 11 is 0. The largest absolute Gasteiger partial charge is 0.411 e. The summed E-state index contributed by atoms with van der Waals surface area (Å²) in [7, 11) is 0. The van der Waals surface area contributed by atoms with Crippen LogP contribution in [0.15, 0.2) is 0 Å². The van der Waals surface area contributed by atoms with Gasteiger partial charge in [-0.05, 0) is 12.8 Å². The van der Waals surface area contributed by atoms with Crippen molar-refractivity contribution in [1.82, 2.24) is 4.90 Å². The molecule has 1 heterocycles. The average Bonchev–Trinajstić information content (AvgIpc) is 2.53. The Hall–Kier alpha value is -0.780. The smallest absolute Gasteiger partial charge is 0.362 e. The fraction of sp³-hybridized carbons (Fsp3) is 0.875. The fourth-order valence-electron chi connectivity index (χ4n) is 1.31. The second-order valence-corrected chi connectivity index (χ2v) is 3.20. The van der Waals surface area contributed by atoms with Crippen molar-refractivity contribution in [1.29, 1.82) is 0 Å². The summed E-state index contributed by atoms with van der Waals surface area (Å²) in [5, 5.41) is 0. The monoisotopic (exact) mass is 211 g/mol. The van der Waals surface area contributed by atoms with Gasteiger partial charge < -0.3 is 9.64 Å². The Bertz CT molecular complexity index is 199. The molecule has 1 amide bonds. The first-order valence-corrected chi connectivity index (χ1v) is 4.41. The van der Waals surface area contributed by atoms with E-state index in [1.807, 2.05) is 0 Å². The van der Waals surface area contributed by atoms with Gasteiger partial charge in [0.05, 0.1) is 0 Å². The Labute approximate surface area is 79.8 Å². The summed E-state index contributed by atoms with van der Waals surface area (Å²) in [6.07, 6.45) is -2.51. The number of carbonyl (C=O) groups excluding carboxylic acids is 1. The Kier molecular flexibility index (Phi) is 3.74. The summed E-state index contributed by atoms with van der Waals surface area (Å²) in [5.41, 5.74) is 0. The standard InChI is InChI=1S/C8H12F3NO2/c9-8(10,11)6-14-5-7(13)12-3-1-2-4-12/h1-6H2. The first kappa shape index (κ1) is 11.3. The third kappa shape index (κ3) is 3.95. The topological polar surface area (TPSA) is 29.5 Å². The number of likely N-dealkylation sites (tertiary alicyclic amines) is 1. The van der Waals surface area contributed by atoms with Crippen molar-refractivity contribution in [3.8, 4) is 0 Å². The van der Waals surface area contributed by atoms with Gasteiger partial charge in [0, 0.05) is 13.1 Å². The lowest BCUT2D eigenvalue weighted by Gasteiger charge is -2.15. The van der Waals surface area contributed by atoms with Gasteiger partial charge in [-0.3, -0.25) is 4.79 Å². The van der Waals surface area contributed by atoms with Crippen LogP contribution in [0.3, 0.4) is 0 Å². The highest BCUT2D eigenvalue weighted by Crippen LogP contribution is 2.14. The van der Waals surface area contributed by atoms with Crippen LogP contribution in [0.1, 0.15) is 12.8 Å². The molecule has 14 heavy (non-hydrogen) atoms. The molecule has 0 aromatic carbocycles. The minimum Gasteiger partial charge on any atom is -0.362 e. The molecule has 0 aliphatic carbocycles. The molecule has 0 radical (unpaired) electrons. The van der Waals surface area contributed by atoms with Crippen LogP contribution >= 0.6 is 0 Å². The predicted molar refractivity (Wildman–Crippen MR) is 42.7 cm³/mol. The Morgan fingerprint density at radius 2 is 1.86 bits per heavy atom. The van der Waals surface area contributed by atoms with Crippen LogP contribution in [0.2, 0.25) is 0 Å². The molecule has 0 atom stereocenters. The maximum atomic E-state index is 11.6. The number of amides is 1.